The van der Waals surface area contributed by atoms with E-state index in [4.69, 9.17) is 4.74 Å². The molecule has 0 aliphatic rings. The van der Waals surface area contributed by atoms with Crippen LogP contribution in [0.2, 0.25) is 0 Å². The van der Waals surface area contributed by atoms with Crippen molar-refractivity contribution in [1.82, 2.24) is 24.9 Å². The minimum atomic E-state index is -0.351. The largest absolute Gasteiger partial charge is 0.375 e. The van der Waals surface area contributed by atoms with Crippen LogP contribution in [-0.2, 0) is 4.74 Å². The Kier molecular flexibility index (Phi) is 4.52. The van der Waals surface area contributed by atoms with E-state index in [1.165, 1.54) is 0 Å². The lowest BCUT2D eigenvalue weighted by Crippen LogP contribution is -2.30. The van der Waals surface area contributed by atoms with E-state index < -0.39 is 0 Å². The number of methoxy groups -OCH3 is 1. The second kappa shape index (κ2) is 6.76. The van der Waals surface area contributed by atoms with Gasteiger partial charge in [0.2, 0.25) is 5.82 Å². The number of fused-ring (bicyclic) bond motifs is 1. The van der Waals surface area contributed by atoms with Gasteiger partial charge in [-0.2, -0.15) is 4.98 Å². The minimum Gasteiger partial charge on any atom is -0.375 e. The molecule has 7 heteroatoms. The summed E-state index contributed by atoms with van der Waals surface area (Å²) in [6.45, 7) is 4.11. The first-order valence-electron chi connectivity index (χ1n) is 7.65. The van der Waals surface area contributed by atoms with Crippen molar-refractivity contribution in [3.8, 4) is 0 Å². The molecular formula is C17H19N5O2. The molecule has 0 saturated heterocycles. The third-order valence-corrected chi connectivity index (χ3v) is 3.73. The maximum atomic E-state index is 12.3. The van der Waals surface area contributed by atoms with Gasteiger partial charge in [0.1, 0.15) is 0 Å². The first-order chi connectivity index (χ1) is 11.6. The Labute approximate surface area is 139 Å². The van der Waals surface area contributed by atoms with Crippen LogP contribution in [0.1, 0.15) is 33.7 Å². The van der Waals surface area contributed by atoms with Crippen LogP contribution in [-0.4, -0.2) is 39.1 Å². The Morgan fingerprint density at radius 3 is 2.71 bits per heavy atom. The quantitative estimate of drug-likeness (QED) is 0.774. The Balaban J connectivity index is 1.74. The number of aryl methyl sites for hydroxylation is 2. The number of carbonyl (C=O) groups excluding carboxylic acids is 1. The molecule has 0 aliphatic heterocycles. The van der Waals surface area contributed by atoms with Crippen molar-refractivity contribution >= 4 is 11.7 Å². The summed E-state index contributed by atoms with van der Waals surface area (Å²) in [5, 5.41) is 7.03. The van der Waals surface area contributed by atoms with Crippen molar-refractivity contribution in [2.45, 2.75) is 20.0 Å². The van der Waals surface area contributed by atoms with Crippen LogP contribution >= 0.6 is 0 Å². The maximum Gasteiger partial charge on any atom is 0.291 e. The number of nitrogens with one attached hydrogen (secondary N) is 1. The standard InChI is InChI=1S/C17H19N5O2/c1-11-9-12(2)22-17(19-11)20-15(21-22)16(23)18-10-14(24-3)13-7-5-4-6-8-13/h4-9,14H,10H2,1-3H3,(H,18,23)/t14-/m1/s1. The fourth-order valence-electron chi connectivity index (χ4n) is 2.53. The molecule has 3 aromatic rings. The van der Waals surface area contributed by atoms with Gasteiger partial charge in [0.25, 0.3) is 11.7 Å². The molecule has 0 aliphatic carbocycles. The molecule has 0 unspecified atom stereocenters. The SMILES string of the molecule is CO[C@H](CNC(=O)c1nc2nc(C)cc(C)n2n1)c1ccccc1. The van der Waals surface area contributed by atoms with Crippen molar-refractivity contribution in [2.24, 2.45) is 0 Å². The van der Waals surface area contributed by atoms with E-state index in [-0.39, 0.29) is 17.8 Å². The highest BCUT2D eigenvalue weighted by molar-refractivity contribution is 5.90. The zero-order valence-corrected chi connectivity index (χ0v) is 13.9. The van der Waals surface area contributed by atoms with Crippen molar-refractivity contribution in [3.63, 3.8) is 0 Å². The van der Waals surface area contributed by atoms with Gasteiger partial charge in [-0.3, -0.25) is 4.79 Å². The Morgan fingerprint density at radius 2 is 2.00 bits per heavy atom. The van der Waals surface area contributed by atoms with Crippen LogP contribution in [0.3, 0.4) is 0 Å². The Hall–Kier alpha value is -2.80. The second-order valence-corrected chi connectivity index (χ2v) is 5.53. The van der Waals surface area contributed by atoms with Gasteiger partial charge < -0.3 is 10.1 Å². The lowest BCUT2D eigenvalue weighted by molar-refractivity contribution is 0.0820. The summed E-state index contributed by atoms with van der Waals surface area (Å²) in [4.78, 5) is 20.8. The van der Waals surface area contributed by atoms with Gasteiger partial charge >= 0.3 is 0 Å². The zero-order chi connectivity index (χ0) is 17.1. The predicted molar refractivity (Wildman–Crippen MR) is 88.8 cm³/mol. The van der Waals surface area contributed by atoms with Crippen molar-refractivity contribution in [3.05, 3.63) is 59.2 Å². The van der Waals surface area contributed by atoms with E-state index in [9.17, 15) is 4.79 Å². The van der Waals surface area contributed by atoms with Crippen LogP contribution in [0.15, 0.2) is 36.4 Å². The van der Waals surface area contributed by atoms with Gasteiger partial charge in [0.05, 0.1) is 6.10 Å². The predicted octanol–water partition coefficient (Wildman–Crippen LogP) is 1.86. The summed E-state index contributed by atoms with van der Waals surface area (Å²) in [7, 11) is 1.61. The molecule has 1 N–H and O–H groups in total. The zero-order valence-electron chi connectivity index (χ0n) is 13.9. The number of hydrogen-bond donors (Lipinski definition) is 1. The summed E-state index contributed by atoms with van der Waals surface area (Å²) in [6, 6.07) is 11.6. The summed E-state index contributed by atoms with van der Waals surface area (Å²) >= 11 is 0. The van der Waals surface area contributed by atoms with Crippen LogP contribution in [0.25, 0.3) is 5.78 Å². The smallest absolute Gasteiger partial charge is 0.291 e. The highest BCUT2D eigenvalue weighted by Crippen LogP contribution is 2.15. The number of aromatic nitrogens is 4. The normalized spacial score (nSPS) is 12.3. The summed E-state index contributed by atoms with van der Waals surface area (Å²) in [5.41, 5.74) is 2.71. The van der Waals surface area contributed by atoms with E-state index in [0.717, 1.165) is 17.0 Å². The minimum absolute atomic E-state index is 0.0964. The highest BCUT2D eigenvalue weighted by atomic mass is 16.5. The van der Waals surface area contributed by atoms with E-state index in [1.54, 1.807) is 11.6 Å². The van der Waals surface area contributed by atoms with Crippen molar-refractivity contribution in [2.75, 3.05) is 13.7 Å². The van der Waals surface area contributed by atoms with Gasteiger partial charge in [-0.15, -0.1) is 5.10 Å². The number of nitrogens with zero attached hydrogens (tertiary/aromatic N) is 4. The molecule has 1 amide bonds. The number of rotatable bonds is 5. The molecule has 0 spiro atoms. The average Bonchev–Trinajstić information content (AvgIpc) is 3.00. The number of carbonyl (C=O) groups is 1. The molecule has 7 nitrogen and oxygen atoms in total. The Bertz CT molecular complexity index is 860. The molecule has 2 aromatic heterocycles. The third kappa shape index (κ3) is 3.26. The number of benzene rings is 1. The first kappa shape index (κ1) is 16.1. The molecule has 0 saturated carbocycles. The monoisotopic (exact) mass is 325 g/mol. The van der Waals surface area contributed by atoms with E-state index >= 15 is 0 Å². The molecule has 24 heavy (non-hydrogen) atoms. The van der Waals surface area contributed by atoms with Crippen LogP contribution in [0.4, 0.5) is 0 Å². The van der Waals surface area contributed by atoms with Gasteiger partial charge in [0.15, 0.2) is 0 Å². The third-order valence-electron chi connectivity index (χ3n) is 3.73. The van der Waals surface area contributed by atoms with Crippen LogP contribution in [0, 0.1) is 13.8 Å². The van der Waals surface area contributed by atoms with E-state index in [0.29, 0.717) is 12.3 Å². The molecule has 0 radical (unpaired) electrons. The second-order valence-electron chi connectivity index (χ2n) is 5.53. The molecular weight excluding hydrogens is 306 g/mol. The fourth-order valence-corrected chi connectivity index (χ4v) is 2.53. The lowest BCUT2D eigenvalue weighted by atomic mass is 10.1. The summed E-state index contributed by atoms with van der Waals surface area (Å²) < 4.78 is 7.01. The topological polar surface area (TPSA) is 81.4 Å². The molecule has 3 rings (SSSR count). The van der Waals surface area contributed by atoms with Crippen molar-refractivity contribution < 1.29 is 9.53 Å². The average molecular weight is 325 g/mol. The highest BCUT2D eigenvalue weighted by Gasteiger charge is 2.17. The van der Waals surface area contributed by atoms with E-state index in [2.05, 4.69) is 20.4 Å². The lowest BCUT2D eigenvalue weighted by Gasteiger charge is -2.15. The molecule has 0 fully saturated rings. The fraction of sp³-hybridized carbons (Fsp3) is 0.294. The first-order valence-corrected chi connectivity index (χ1v) is 7.65. The molecule has 1 atom stereocenters. The van der Waals surface area contributed by atoms with Crippen molar-refractivity contribution in [1.29, 1.82) is 0 Å². The van der Waals surface area contributed by atoms with Gasteiger partial charge in [-0.05, 0) is 25.5 Å². The van der Waals surface area contributed by atoms with Gasteiger partial charge in [-0.1, -0.05) is 30.3 Å². The van der Waals surface area contributed by atoms with Crippen LogP contribution < -0.4 is 5.32 Å². The molecule has 2 heterocycles. The summed E-state index contributed by atoms with van der Waals surface area (Å²) in [6.07, 6.45) is -0.228. The Morgan fingerprint density at radius 1 is 1.25 bits per heavy atom. The van der Waals surface area contributed by atoms with Crippen LogP contribution in [0.5, 0.6) is 0 Å². The molecule has 124 valence electrons. The number of amides is 1. The molecule has 0 bridgehead atoms. The number of ether oxygens (including phenoxy) is 1. The van der Waals surface area contributed by atoms with E-state index in [1.807, 2.05) is 50.2 Å². The van der Waals surface area contributed by atoms with Gasteiger partial charge in [-0.25, -0.2) is 9.50 Å². The van der Waals surface area contributed by atoms with Gasteiger partial charge in [0, 0.05) is 25.0 Å². The molecule has 1 aromatic carbocycles. The maximum absolute atomic E-state index is 12.3. The number of hydrogen-bond acceptors (Lipinski definition) is 5. The summed E-state index contributed by atoms with van der Waals surface area (Å²) in [5.74, 6) is 0.165.